The van der Waals surface area contributed by atoms with Gasteiger partial charge in [0.1, 0.15) is 0 Å². The van der Waals surface area contributed by atoms with Gasteiger partial charge in [0.15, 0.2) is 0 Å². The molecule has 0 rings (SSSR count). The summed E-state index contributed by atoms with van der Waals surface area (Å²) in [6.07, 6.45) is 0. The second kappa shape index (κ2) is 4.64. The Bertz CT molecular complexity index is 95.0. The fourth-order valence-electron chi connectivity index (χ4n) is 0.312. The van der Waals surface area contributed by atoms with Crippen LogP contribution in [0.25, 0.3) is 0 Å². The van der Waals surface area contributed by atoms with E-state index < -0.39 is 5.30 Å². The molecule has 1 radical (unpaired) electrons. The topological polar surface area (TPSA) is 40.2 Å². The van der Waals surface area contributed by atoms with Crippen LogP contribution in [0.1, 0.15) is 0 Å². The number of rotatable bonds is 3. The van der Waals surface area contributed by atoms with Gasteiger partial charge in [0.25, 0.3) is 0 Å². The summed E-state index contributed by atoms with van der Waals surface area (Å²) in [5, 5.41) is 8.77. The van der Waals surface area contributed by atoms with E-state index in [9.17, 15) is 9.90 Å². The lowest BCUT2D eigenvalue weighted by molar-refractivity contribution is 0.199. The highest BCUT2D eigenvalue weighted by Gasteiger charge is 1.98. The zero-order valence-corrected chi connectivity index (χ0v) is 6.40. The third kappa shape index (κ3) is 7.78. The van der Waals surface area contributed by atoms with Gasteiger partial charge in [0.2, 0.25) is 0 Å². The van der Waals surface area contributed by atoms with Crippen LogP contribution in [-0.4, -0.2) is 36.6 Å². The Morgan fingerprint density at radius 3 is 2.44 bits per heavy atom. The van der Waals surface area contributed by atoms with E-state index in [1.165, 1.54) is 0 Å². The molecule has 0 bridgehead atoms. The Balaban J connectivity index is 3.01. The third-order valence-electron chi connectivity index (χ3n) is 0.758. The molecule has 0 aromatic heterocycles. The van der Waals surface area contributed by atoms with Crippen molar-refractivity contribution >= 4 is 17.1 Å². The molecule has 0 heterocycles. The lowest BCUT2D eigenvalue weighted by Crippen LogP contribution is -2.15. The first-order chi connectivity index (χ1) is 4.13. The predicted octanol–water partition coefficient (Wildman–Crippen LogP) is 0.832. The molecule has 0 spiro atoms. The minimum absolute atomic E-state index is 0.593. The minimum atomic E-state index is -1.04. The molecular formula is C5H10NO2S. The van der Waals surface area contributed by atoms with Crippen LogP contribution in [0.4, 0.5) is 4.79 Å². The molecule has 3 nitrogen and oxygen atoms in total. The van der Waals surface area contributed by atoms with Crippen molar-refractivity contribution in [3.8, 4) is 0 Å². The van der Waals surface area contributed by atoms with Crippen LogP contribution in [0, 0.1) is 0 Å². The number of thioether (sulfide) groups is 1. The first kappa shape index (κ1) is 8.78. The first-order valence-electron chi connectivity index (χ1n) is 2.61. The van der Waals surface area contributed by atoms with Crippen molar-refractivity contribution in [3.63, 3.8) is 0 Å². The van der Waals surface area contributed by atoms with Crippen LogP contribution in [0.3, 0.4) is 0 Å². The lowest BCUT2D eigenvalue weighted by atomic mass is 10.7. The van der Waals surface area contributed by atoms with Crippen molar-refractivity contribution in [1.29, 1.82) is 0 Å². The molecule has 0 N–H and O–H groups in total. The van der Waals surface area contributed by atoms with Gasteiger partial charge in [-0.2, -0.15) is 0 Å². The Labute approximate surface area is 59.0 Å². The zero-order valence-electron chi connectivity index (χ0n) is 5.59. The highest BCUT2D eigenvalue weighted by atomic mass is 32.2. The quantitative estimate of drug-likeness (QED) is 0.595. The Morgan fingerprint density at radius 1 is 1.56 bits per heavy atom. The average Bonchev–Trinajstić information content (AvgIpc) is 1.63. The molecule has 9 heavy (non-hydrogen) atoms. The van der Waals surface area contributed by atoms with Crippen LogP contribution < -0.4 is 0 Å². The van der Waals surface area contributed by atoms with Crippen molar-refractivity contribution in [2.45, 2.75) is 0 Å². The van der Waals surface area contributed by atoms with Crippen molar-refractivity contribution < 1.29 is 9.90 Å². The molecular weight excluding hydrogens is 138 g/mol. The smallest absolute Gasteiger partial charge is 0.309 e. The maximum absolute atomic E-state index is 9.81. The van der Waals surface area contributed by atoms with Crippen LogP contribution in [0.2, 0.25) is 0 Å². The van der Waals surface area contributed by atoms with Gasteiger partial charge < -0.3 is 4.90 Å². The summed E-state index contributed by atoms with van der Waals surface area (Å²) in [6, 6.07) is 0. The molecule has 4 heteroatoms. The zero-order chi connectivity index (χ0) is 7.28. The summed E-state index contributed by atoms with van der Waals surface area (Å²) in [5.41, 5.74) is 0. The molecule has 0 aromatic rings. The molecule has 0 aliphatic rings. The van der Waals surface area contributed by atoms with Gasteiger partial charge in [-0.3, -0.25) is 0 Å². The molecule has 0 aromatic carbocycles. The van der Waals surface area contributed by atoms with E-state index in [0.29, 0.717) is 5.75 Å². The second-order valence-electron chi connectivity index (χ2n) is 1.90. The molecule has 0 aliphatic heterocycles. The van der Waals surface area contributed by atoms with E-state index in [4.69, 9.17) is 0 Å². The van der Waals surface area contributed by atoms with E-state index in [0.717, 1.165) is 18.3 Å². The minimum Gasteiger partial charge on any atom is -0.309 e. The van der Waals surface area contributed by atoms with Gasteiger partial charge in [-0.25, -0.2) is 9.90 Å². The van der Waals surface area contributed by atoms with Crippen LogP contribution >= 0.6 is 11.8 Å². The molecule has 0 saturated heterocycles. The monoisotopic (exact) mass is 148 g/mol. The number of hydrogen-bond acceptors (Lipinski definition) is 3. The molecule has 0 saturated carbocycles. The normalized spacial score (nSPS) is 10.1. The summed E-state index contributed by atoms with van der Waals surface area (Å²) >= 11 is 0.823. The van der Waals surface area contributed by atoms with Gasteiger partial charge in [-0.15, -0.1) is 0 Å². The second-order valence-corrected chi connectivity index (χ2v) is 2.93. The molecule has 0 aliphatic carbocycles. The third-order valence-corrected chi connectivity index (χ3v) is 1.38. The SMILES string of the molecule is CN(C)CCSC([O])=O. The Hall–Kier alpha value is -0.220. The molecule has 0 unspecified atom stereocenters. The number of carbonyl (C=O) groups excluding carboxylic acids is 1. The number of hydrogen-bond donors (Lipinski definition) is 0. The average molecular weight is 148 g/mol. The van der Waals surface area contributed by atoms with Gasteiger partial charge in [0.05, 0.1) is 0 Å². The van der Waals surface area contributed by atoms with Crippen LogP contribution in [0.15, 0.2) is 0 Å². The van der Waals surface area contributed by atoms with Gasteiger partial charge in [0, 0.05) is 12.3 Å². The van der Waals surface area contributed by atoms with Gasteiger partial charge in [-0.05, 0) is 25.9 Å². The summed E-state index contributed by atoms with van der Waals surface area (Å²) < 4.78 is 0. The summed E-state index contributed by atoms with van der Waals surface area (Å²) in [7, 11) is 3.80. The Kier molecular flexibility index (Phi) is 4.53. The fraction of sp³-hybridized carbons (Fsp3) is 0.800. The maximum atomic E-state index is 9.81. The highest BCUT2D eigenvalue weighted by Crippen LogP contribution is 1.99. The van der Waals surface area contributed by atoms with E-state index in [1.807, 2.05) is 19.0 Å². The fourth-order valence-corrected chi connectivity index (χ4v) is 0.935. The van der Waals surface area contributed by atoms with Crippen molar-refractivity contribution in [2.75, 3.05) is 26.4 Å². The standard InChI is InChI=1S/C5H10NO2S/c1-6(2)3-4-9-5(7)8/h3-4H2,1-2H3. The molecule has 0 amide bonds. The highest BCUT2D eigenvalue weighted by molar-refractivity contribution is 8.13. The van der Waals surface area contributed by atoms with Crippen molar-refractivity contribution in [1.82, 2.24) is 4.90 Å². The largest absolute Gasteiger partial charge is 0.413 e. The van der Waals surface area contributed by atoms with E-state index >= 15 is 0 Å². The van der Waals surface area contributed by atoms with Crippen LogP contribution in [0.5, 0.6) is 0 Å². The molecule has 0 fully saturated rings. The van der Waals surface area contributed by atoms with E-state index in [1.54, 1.807) is 0 Å². The molecule has 0 atom stereocenters. The molecule has 53 valence electrons. The summed E-state index contributed by atoms with van der Waals surface area (Å²) in [6.45, 7) is 0.776. The van der Waals surface area contributed by atoms with Crippen molar-refractivity contribution in [3.05, 3.63) is 0 Å². The maximum Gasteiger partial charge on any atom is 0.413 e. The first-order valence-corrected chi connectivity index (χ1v) is 3.60. The summed E-state index contributed by atoms with van der Waals surface area (Å²) in [4.78, 5) is 11.7. The van der Waals surface area contributed by atoms with Crippen molar-refractivity contribution in [2.24, 2.45) is 0 Å². The van der Waals surface area contributed by atoms with Gasteiger partial charge in [-0.1, -0.05) is 0 Å². The lowest BCUT2D eigenvalue weighted by Gasteiger charge is -2.05. The van der Waals surface area contributed by atoms with Crippen LogP contribution in [-0.2, 0) is 5.11 Å². The number of nitrogens with zero attached hydrogens (tertiary/aromatic N) is 1. The van der Waals surface area contributed by atoms with Gasteiger partial charge >= 0.3 is 5.30 Å². The predicted molar refractivity (Wildman–Crippen MR) is 37.1 cm³/mol. The summed E-state index contributed by atoms with van der Waals surface area (Å²) in [5.74, 6) is 0.593. The van der Waals surface area contributed by atoms with E-state index in [-0.39, 0.29) is 0 Å². The van der Waals surface area contributed by atoms with E-state index in [2.05, 4.69) is 0 Å². The Morgan fingerprint density at radius 2 is 2.11 bits per heavy atom. The number of carbonyl (C=O) groups is 1.